The van der Waals surface area contributed by atoms with Crippen molar-refractivity contribution < 1.29 is 33.7 Å². The second-order valence-corrected chi connectivity index (χ2v) is 6.02. The lowest BCUT2D eigenvalue weighted by Gasteiger charge is -2.18. The number of ether oxygens (including phenoxy) is 3. The summed E-state index contributed by atoms with van der Waals surface area (Å²) < 4.78 is 14.8. The summed E-state index contributed by atoms with van der Waals surface area (Å²) in [4.78, 5) is 40.5. The molecule has 1 aromatic carbocycles. The molecule has 0 bridgehead atoms. The molecule has 2 rings (SSSR count). The number of amides is 1. The highest BCUT2D eigenvalue weighted by Crippen LogP contribution is 2.27. The second-order valence-electron chi connectivity index (χ2n) is 6.02. The number of benzene rings is 1. The van der Waals surface area contributed by atoms with Crippen molar-refractivity contribution in [2.45, 2.75) is 18.9 Å². The Labute approximate surface area is 167 Å². The van der Waals surface area contributed by atoms with E-state index in [2.05, 4.69) is 15.0 Å². The van der Waals surface area contributed by atoms with Crippen LogP contribution in [0.3, 0.4) is 0 Å². The highest BCUT2D eigenvalue weighted by atomic mass is 16.5. The van der Waals surface area contributed by atoms with E-state index in [0.717, 1.165) is 12.7 Å². The van der Waals surface area contributed by atoms with Gasteiger partial charge in [0.15, 0.2) is 23.2 Å². The van der Waals surface area contributed by atoms with Crippen LogP contribution in [0.5, 0.6) is 11.5 Å². The molecule has 0 fully saturated rings. The van der Waals surface area contributed by atoms with Crippen molar-refractivity contribution in [3.05, 3.63) is 53.9 Å². The number of methoxy groups -OCH3 is 2. The fourth-order valence-corrected chi connectivity index (χ4v) is 2.47. The van der Waals surface area contributed by atoms with Gasteiger partial charge in [0.25, 0.3) is 5.91 Å². The van der Waals surface area contributed by atoms with Crippen LogP contribution in [0.1, 0.15) is 28.9 Å². The molecule has 154 valence electrons. The number of nitrogens with one attached hydrogen (secondary N) is 1. The van der Waals surface area contributed by atoms with E-state index in [0.29, 0.717) is 0 Å². The number of pyridine rings is 1. The van der Waals surface area contributed by atoms with Gasteiger partial charge in [0, 0.05) is 12.3 Å². The molecule has 2 N–H and O–H groups in total. The number of carbonyl (C=O) groups excluding carboxylic acids is 3. The van der Waals surface area contributed by atoms with Gasteiger partial charge < -0.3 is 24.6 Å². The lowest BCUT2D eigenvalue weighted by molar-refractivity contribution is -0.151. The molecule has 0 radical (unpaired) electrons. The largest absolute Gasteiger partial charge is 0.503 e. The third kappa shape index (κ3) is 5.44. The molecule has 0 saturated carbocycles. The highest BCUT2D eigenvalue weighted by Gasteiger charge is 2.27. The van der Waals surface area contributed by atoms with Crippen LogP contribution in [0.15, 0.2) is 42.6 Å². The molecule has 0 aliphatic carbocycles. The summed E-state index contributed by atoms with van der Waals surface area (Å²) in [7, 11) is 2.46. The summed E-state index contributed by atoms with van der Waals surface area (Å²) in [6.07, 6.45) is 1.27. The van der Waals surface area contributed by atoms with Crippen molar-refractivity contribution in [3.63, 3.8) is 0 Å². The number of carbonyl (C=O) groups is 3. The summed E-state index contributed by atoms with van der Waals surface area (Å²) in [6, 6.07) is 9.06. The Hall–Kier alpha value is -3.62. The van der Waals surface area contributed by atoms with Gasteiger partial charge in [-0.25, -0.2) is 9.78 Å². The van der Waals surface area contributed by atoms with Crippen LogP contribution >= 0.6 is 0 Å². The fraction of sp³-hybridized carbons (Fsp3) is 0.300. The first kappa shape index (κ1) is 21.7. The average molecular weight is 402 g/mol. The number of hydrogen-bond acceptors (Lipinski definition) is 8. The van der Waals surface area contributed by atoms with Crippen LogP contribution in [0.2, 0.25) is 0 Å². The molecule has 9 nitrogen and oxygen atoms in total. The molecule has 2 aromatic rings. The van der Waals surface area contributed by atoms with Gasteiger partial charge in [-0.1, -0.05) is 30.3 Å². The minimum Gasteiger partial charge on any atom is -0.503 e. The Kier molecular flexibility index (Phi) is 7.53. The Morgan fingerprint density at radius 3 is 2.41 bits per heavy atom. The van der Waals surface area contributed by atoms with E-state index in [1.165, 1.54) is 19.4 Å². The Bertz CT molecular complexity index is 870. The van der Waals surface area contributed by atoms with Gasteiger partial charge in [-0.3, -0.25) is 9.59 Å². The van der Waals surface area contributed by atoms with Crippen molar-refractivity contribution >= 4 is 17.8 Å². The average Bonchev–Trinajstić information content (AvgIpc) is 2.75. The third-order valence-corrected chi connectivity index (χ3v) is 4.16. The van der Waals surface area contributed by atoms with Crippen LogP contribution in [0.4, 0.5) is 0 Å². The number of hydrogen-bond donors (Lipinski definition) is 2. The normalized spacial score (nSPS) is 12.4. The van der Waals surface area contributed by atoms with Gasteiger partial charge in [0.1, 0.15) is 6.61 Å². The molecule has 1 heterocycles. The summed E-state index contributed by atoms with van der Waals surface area (Å²) in [6.45, 7) is 1.22. The lowest BCUT2D eigenvalue weighted by Crippen LogP contribution is -2.45. The number of esters is 2. The molecule has 1 aromatic heterocycles. The molecule has 0 aliphatic rings. The van der Waals surface area contributed by atoms with Crippen LogP contribution < -0.4 is 10.1 Å². The number of aromatic nitrogens is 1. The fourth-order valence-electron chi connectivity index (χ4n) is 2.47. The van der Waals surface area contributed by atoms with E-state index >= 15 is 0 Å². The lowest BCUT2D eigenvalue weighted by atomic mass is 10.0. The summed E-state index contributed by atoms with van der Waals surface area (Å²) >= 11 is 0. The van der Waals surface area contributed by atoms with Gasteiger partial charge in [0.05, 0.1) is 20.1 Å². The van der Waals surface area contributed by atoms with Crippen molar-refractivity contribution in [1.29, 1.82) is 0 Å². The van der Waals surface area contributed by atoms with Crippen LogP contribution in [-0.2, 0) is 19.1 Å². The predicted molar refractivity (Wildman–Crippen MR) is 102 cm³/mol. The van der Waals surface area contributed by atoms with E-state index in [1.54, 1.807) is 31.2 Å². The third-order valence-electron chi connectivity index (χ3n) is 4.16. The molecule has 2 unspecified atom stereocenters. The maximum Gasteiger partial charge on any atom is 0.331 e. The monoisotopic (exact) mass is 402 g/mol. The number of rotatable bonds is 8. The zero-order chi connectivity index (χ0) is 21.4. The van der Waals surface area contributed by atoms with E-state index in [9.17, 15) is 19.5 Å². The van der Waals surface area contributed by atoms with E-state index in [4.69, 9.17) is 9.47 Å². The topological polar surface area (TPSA) is 124 Å². The van der Waals surface area contributed by atoms with Crippen LogP contribution in [0.25, 0.3) is 0 Å². The standard InChI is InChI=1S/C20H22N2O7/c1-12(13-7-5-4-6-8-13)19(25)29-11-14(20(26)28-3)22-18(24)16-17(23)15(27-2)9-10-21-16/h4-10,12,14,23H,11H2,1-3H3,(H,22,24). The smallest absolute Gasteiger partial charge is 0.331 e. The maximum absolute atomic E-state index is 12.4. The Morgan fingerprint density at radius 1 is 1.10 bits per heavy atom. The zero-order valence-electron chi connectivity index (χ0n) is 16.2. The molecule has 1 amide bonds. The Morgan fingerprint density at radius 2 is 1.79 bits per heavy atom. The van der Waals surface area contributed by atoms with E-state index < -0.39 is 42.2 Å². The van der Waals surface area contributed by atoms with Crippen molar-refractivity contribution in [2.24, 2.45) is 0 Å². The number of aromatic hydroxyl groups is 1. The molecule has 0 saturated heterocycles. The predicted octanol–water partition coefficient (Wildman–Crippen LogP) is 1.41. The maximum atomic E-state index is 12.4. The first-order valence-electron chi connectivity index (χ1n) is 8.71. The quantitative estimate of drug-likeness (QED) is 0.635. The van der Waals surface area contributed by atoms with Crippen molar-refractivity contribution in [2.75, 3.05) is 20.8 Å². The first-order chi connectivity index (χ1) is 13.9. The molecule has 2 atom stereocenters. The molecular formula is C20H22N2O7. The minimum absolute atomic E-state index is 0.0443. The van der Waals surface area contributed by atoms with Gasteiger partial charge in [-0.15, -0.1) is 0 Å². The van der Waals surface area contributed by atoms with Crippen LogP contribution in [0, 0.1) is 0 Å². The molecular weight excluding hydrogens is 380 g/mol. The molecule has 0 spiro atoms. The molecule has 29 heavy (non-hydrogen) atoms. The summed E-state index contributed by atoms with van der Waals surface area (Å²) in [5.74, 6) is -3.24. The van der Waals surface area contributed by atoms with Gasteiger partial charge >= 0.3 is 11.9 Å². The van der Waals surface area contributed by atoms with Gasteiger partial charge in [-0.2, -0.15) is 0 Å². The van der Waals surface area contributed by atoms with Crippen molar-refractivity contribution in [3.8, 4) is 11.5 Å². The molecule has 0 aliphatic heterocycles. The molecule has 9 heteroatoms. The first-order valence-corrected chi connectivity index (χ1v) is 8.71. The highest BCUT2D eigenvalue weighted by molar-refractivity contribution is 5.98. The SMILES string of the molecule is COC(=O)C(COC(=O)C(C)c1ccccc1)NC(=O)c1nccc(OC)c1O. The Balaban J connectivity index is 2.07. The summed E-state index contributed by atoms with van der Waals surface area (Å²) in [5, 5.41) is 12.4. The second kappa shape index (κ2) is 10.1. The summed E-state index contributed by atoms with van der Waals surface area (Å²) in [5.41, 5.74) is 0.406. The van der Waals surface area contributed by atoms with Crippen LogP contribution in [-0.4, -0.2) is 54.8 Å². The minimum atomic E-state index is -1.29. The van der Waals surface area contributed by atoms with Gasteiger partial charge in [0.2, 0.25) is 0 Å². The van der Waals surface area contributed by atoms with Gasteiger partial charge in [-0.05, 0) is 12.5 Å². The van der Waals surface area contributed by atoms with Crippen molar-refractivity contribution in [1.82, 2.24) is 10.3 Å². The van der Waals surface area contributed by atoms with E-state index in [-0.39, 0.29) is 11.4 Å². The number of nitrogens with zero attached hydrogens (tertiary/aromatic N) is 1. The zero-order valence-corrected chi connectivity index (χ0v) is 16.2. The van der Waals surface area contributed by atoms with E-state index in [1.807, 2.05) is 6.07 Å².